The lowest BCUT2D eigenvalue weighted by Crippen LogP contribution is -2.50. The molecule has 7 nitrogen and oxygen atoms in total. The summed E-state index contributed by atoms with van der Waals surface area (Å²) in [7, 11) is -3.48. The summed E-state index contributed by atoms with van der Waals surface area (Å²) in [4.78, 5) is 7.52. The molecule has 0 amide bonds. The Morgan fingerprint density at radius 1 is 1.07 bits per heavy atom. The molecule has 9 heteroatoms. The van der Waals surface area contributed by atoms with Crippen molar-refractivity contribution in [3.05, 3.63) is 30.3 Å². The first kappa shape index (κ1) is 26.1. The third-order valence-corrected chi connectivity index (χ3v) is 6.42. The highest BCUT2D eigenvalue weighted by atomic mass is 127. The predicted molar refractivity (Wildman–Crippen MR) is 131 cm³/mol. The number of hydrogen-bond acceptors (Lipinski definition) is 4. The van der Waals surface area contributed by atoms with Crippen LogP contribution in [-0.4, -0.2) is 64.1 Å². The van der Waals surface area contributed by atoms with E-state index in [9.17, 15) is 8.42 Å². The minimum atomic E-state index is -3.48. The molecular formula is C20H36IN5O2S. The zero-order chi connectivity index (χ0) is 20.5. The van der Waals surface area contributed by atoms with Gasteiger partial charge in [-0.3, -0.25) is 9.89 Å². The van der Waals surface area contributed by atoms with Gasteiger partial charge in [0.25, 0.3) is 0 Å². The number of rotatable bonds is 9. The number of nitrogens with zero attached hydrogens (tertiary/aromatic N) is 2. The first-order valence-corrected chi connectivity index (χ1v) is 11.7. The van der Waals surface area contributed by atoms with Crippen molar-refractivity contribution in [3.8, 4) is 0 Å². The highest BCUT2D eigenvalue weighted by Crippen LogP contribution is 2.20. The molecule has 0 radical (unpaired) electrons. The van der Waals surface area contributed by atoms with Crippen molar-refractivity contribution in [1.82, 2.24) is 20.3 Å². The second-order valence-corrected chi connectivity index (χ2v) is 9.46. The molecule has 0 aromatic heterocycles. The van der Waals surface area contributed by atoms with E-state index in [-0.39, 0.29) is 41.0 Å². The van der Waals surface area contributed by atoms with Crippen LogP contribution in [-0.2, 0) is 10.0 Å². The van der Waals surface area contributed by atoms with E-state index >= 15 is 0 Å². The van der Waals surface area contributed by atoms with Crippen LogP contribution in [0.2, 0.25) is 0 Å². The summed E-state index contributed by atoms with van der Waals surface area (Å²) in [6.45, 7) is 11.0. The molecule has 166 valence electrons. The molecule has 3 N–H and O–H groups in total. The molecule has 0 atom stereocenters. The summed E-state index contributed by atoms with van der Waals surface area (Å²) in [6, 6.07) is 8.40. The Kier molecular flexibility index (Phi) is 11.4. The highest BCUT2D eigenvalue weighted by molar-refractivity contribution is 14.0. The minimum absolute atomic E-state index is 0. The summed E-state index contributed by atoms with van der Waals surface area (Å²) < 4.78 is 27.1. The Labute approximate surface area is 193 Å². The Morgan fingerprint density at radius 3 is 2.34 bits per heavy atom. The number of aliphatic imine (C=N–C) groups is 1. The zero-order valence-corrected chi connectivity index (χ0v) is 20.9. The molecule has 0 saturated carbocycles. The zero-order valence-electron chi connectivity index (χ0n) is 17.8. The third-order valence-electron chi connectivity index (χ3n) is 4.94. The van der Waals surface area contributed by atoms with Gasteiger partial charge < -0.3 is 10.6 Å². The van der Waals surface area contributed by atoms with Crippen LogP contribution in [0.5, 0.6) is 0 Å². The van der Waals surface area contributed by atoms with Crippen molar-refractivity contribution in [3.63, 3.8) is 0 Å². The minimum Gasteiger partial charge on any atom is -0.357 e. The van der Waals surface area contributed by atoms with Crippen LogP contribution in [0.4, 0.5) is 0 Å². The molecule has 0 aliphatic carbocycles. The third kappa shape index (κ3) is 8.77. The topological polar surface area (TPSA) is 85.8 Å². The molecule has 1 saturated heterocycles. The number of nitrogens with one attached hydrogen (secondary N) is 3. The van der Waals surface area contributed by atoms with Crippen molar-refractivity contribution in [2.45, 2.75) is 50.5 Å². The number of hydrogen-bond donors (Lipinski definition) is 3. The molecule has 0 spiro atoms. The molecular weight excluding hydrogens is 501 g/mol. The maximum absolute atomic E-state index is 12.2. The van der Waals surface area contributed by atoms with Gasteiger partial charge in [0.15, 0.2) is 5.96 Å². The molecule has 1 fully saturated rings. The van der Waals surface area contributed by atoms with E-state index in [1.165, 1.54) is 19.3 Å². The molecule has 1 aromatic rings. The Balaban J connectivity index is 0.00000420. The first-order valence-electron chi connectivity index (χ1n) is 10.2. The fraction of sp³-hybridized carbons (Fsp3) is 0.650. The van der Waals surface area contributed by atoms with Crippen LogP contribution in [0.25, 0.3) is 0 Å². The number of piperidine rings is 1. The molecule has 0 bridgehead atoms. The normalized spacial score (nSPS) is 16.2. The van der Waals surface area contributed by atoms with E-state index in [4.69, 9.17) is 4.99 Å². The van der Waals surface area contributed by atoms with Gasteiger partial charge in [0, 0.05) is 25.2 Å². The van der Waals surface area contributed by atoms with Crippen LogP contribution in [0.1, 0.15) is 40.0 Å². The number of benzene rings is 1. The van der Waals surface area contributed by atoms with Gasteiger partial charge in [0.05, 0.1) is 11.4 Å². The Bertz CT molecular complexity index is 720. The molecule has 2 rings (SSSR count). The molecule has 1 aliphatic heterocycles. The highest BCUT2D eigenvalue weighted by Gasteiger charge is 2.27. The summed E-state index contributed by atoms with van der Waals surface area (Å²) in [6.07, 6.45) is 3.83. The van der Waals surface area contributed by atoms with Crippen LogP contribution in [0.3, 0.4) is 0 Å². The quantitative estimate of drug-likeness (QED) is 0.195. The lowest BCUT2D eigenvalue weighted by atomic mass is 9.99. The van der Waals surface area contributed by atoms with Gasteiger partial charge in [-0.15, -0.1) is 24.0 Å². The van der Waals surface area contributed by atoms with E-state index in [0.29, 0.717) is 19.0 Å². The molecule has 29 heavy (non-hydrogen) atoms. The molecule has 1 aliphatic rings. The summed E-state index contributed by atoms with van der Waals surface area (Å²) in [5, 5.41) is 6.44. The van der Waals surface area contributed by atoms with E-state index in [1.807, 2.05) is 6.92 Å². The number of sulfonamides is 1. The SMILES string of the molecule is CCNC(=NCC(C)(C)N1CCCCC1)NCCNS(=O)(=O)c1ccccc1.I. The van der Waals surface area contributed by atoms with Gasteiger partial charge in [-0.2, -0.15) is 0 Å². The number of likely N-dealkylation sites (tertiary alicyclic amines) is 1. The summed E-state index contributed by atoms with van der Waals surface area (Å²) >= 11 is 0. The fourth-order valence-electron chi connectivity index (χ4n) is 3.26. The smallest absolute Gasteiger partial charge is 0.240 e. The average Bonchev–Trinajstić information content (AvgIpc) is 2.70. The van der Waals surface area contributed by atoms with Gasteiger partial charge in [-0.05, 0) is 58.8 Å². The van der Waals surface area contributed by atoms with Crippen LogP contribution < -0.4 is 15.4 Å². The second kappa shape index (κ2) is 12.7. The molecule has 0 unspecified atom stereocenters. The van der Waals surface area contributed by atoms with E-state index < -0.39 is 10.0 Å². The fourth-order valence-corrected chi connectivity index (χ4v) is 4.32. The largest absolute Gasteiger partial charge is 0.357 e. The lowest BCUT2D eigenvalue weighted by Gasteiger charge is -2.40. The van der Waals surface area contributed by atoms with Gasteiger partial charge in [-0.25, -0.2) is 13.1 Å². The van der Waals surface area contributed by atoms with Crippen molar-refractivity contribution in [2.75, 3.05) is 39.3 Å². The average molecular weight is 538 g/mol. The molecule has 1 heterocycles. The molecule has 1 aromatic carbocycles. The van der Waals surface area contributed by atoms with E-state index in [2.05, 4.69) is 34.1 Å². The Morgan fingerprint density at radius 2 is 1.72 bits per heavy atom. The monoisotopic (exact) mass is 537 g/mol. The van der Waals surface area contributed by atoms with Crippen LogP contribution in [0, 0.1) is 0 Å². The van der Waals surface area contributed by atoms with Crippen molar-refractivity contribution < 1.29 is 8.42 Å². The van der Waals surface area contributed by atoms with Crippen LogP contribution in [0.15, 0.2) is 40.2 Å². The summed E-state index contributed by atoms with van der Waals surface area (Å²) in [5.41, 5.74) is 0.0116. The van der Waals surface area contributed by atoms with Crippen molar-refractivity contribution >= 4 is 40.0 Å². The summed E-state index contributed by atoms with van der Waals surface area (Å²) in [5.74, 6) is 0.714. The predicted octanol–water partition coefficient (Wildman–Crippen LogP) is 2.40. The maximum atomic E-state index is 12.2. The second-order valence-electron chi connectivity index (χ2n) is 7.69. The van der Waals surface area contributed by atoms with Crippen molar-refractivity contribution in [1.29, 1.82) is 0 Å². The van der Waals surface area contributed by atoms with Gasteiger partial charge in [-0.1, -0.05) is 24.6 Å². The van der Waals surface area contributed by atoms with E-state index in [0.717, 1.165) is 19.6 Å². The van der Waals surface area contributed by atoms with E-state index in [1.54, 1.807) is 30.3 Å². The van der Waals surface area contributed by atoms with Gasteiger partial charge >= 0.3 is 0 Å². The first-order chi connectivity index (χ1) is 13.3. The van der Waals surface area contributed by atoms with Crippen molar-refractivity contribution in [2.24, 2.45) is 4.99 Å². The number of guanidine groups is 1. The standard InChI is InChI=1S/C20H35N5O2S.HI/c1-4-21-19(23-17-20(2,3)25-15-9-6-10-16-25)22-13-14-24-28(26,27)18-11-7-5-8-12-18;/h5,7-8,11-12,24H,4,6,9-10,13-17H2,1-3H3,(H2,21,22,23);1H. The van der Waals surface area contributed by atoms with Gasteiger partial charge in [0.2, 0.25) is 10.0 Å². The lowest BCUT2D eigenvalue weighted by molar-refractivity contribution is 0.102. The number of halogens is 1. The van der Waals surface area contributed by atoms with Gasteiger partial charge in [0.1, 0.15) is 0 Å². The van der Waals surface area contributed by atoms with Crippen LogP contribution >= 0.6 is 24.0 Å². The maximum Gasteiger partial charge on any atom is 0.240 e. The Hall–Kier alpha value is -0.910.